The number of carboxylic acid groups (broad SMARTS) is 1. The van der Waals surface area contributed by atoms with Gasteiger partial charge < -0.3 is 14.9 Å². The molecule has 4 atom stereocenters. The van der Waals surface area contributed by atoms with Crippen molar-refractivity contribution >= 4 is 5.97 Å². The molecule has 2 N–H and O–H groups in total. The summed E-state index contributed by atoms with van der Waals surface area (Å²) in [6, 6.07) is 0. The molecule has 2 bridgehead atoms. The monoisotopic (exact) mass is 229 g/mol. The van der Waals surface area contributed by atoms with Crippen molar-refractivity contribution < 1.29 is 24.7 Å². The van der Waals surface area contributed by atoms with E-state index in [9.17, 15) is 20.0 Å². The molecule has 0 amide bonds. The van der Waals surface area contributed by atoms with Crippen LogP contribution in [0, 0.1) is 10.1 Å². The summed E-state index contributed by atoms with van der Waals surface area (Å²) >= 11 is 0. The van der Waals surface area contributed by atoms with Crippen LogP contribution in [0.2, 0.25) is 0 Å². The summed E-state index contributed by atoms with van der Waals surface area (Å²) < 4.78 is 5.10. The molecule has 1 aliphatic carbocycles. The van der Waals surface area contributed by atoms with Gasteiger partial charge in [-0.15, -0.1) is 0 Å². The first-order valence-corrected chi connectivity index (χ1v) is 4.85. The molecule has 0 spiro atoms. The Morgan fingerprint density at radius 2 is 2.25 bits per heavy atom. The predicted molar refractivity (Wildman–Crippen MR) is 50.4 cm³/mol. The molecule has 1 aliphatic heterocycles. The Morgan fingerprint density at radius 3 is 2.81 bits per heavy atom. The first-order chi connectivity index (χ1) is 7.44. The van der Waals surface area contributed by atoms with Crippen molar-refractivity contribution in [3.8, 4) is 0 Å². The molecule has 4 unspecified atom stereocenters. The summed E-state index contributed by atoms with van der Waals surface area (Å²) in [5, 5.41) is 29.3. The highest BCUT2D eigenvalue weighted by Crippen LogP contribution is 2.37. The lowest BCUT2D eigenvalue weighted by Gasteiger charge is -2.39. The molecule has 1 fully saturated rings. The second-order valence-corrected chi connectivity index (χ2v) is 4.12. The van der Waals surface area contributed by atoms with Crippen LogP contribution in [-0.2, 0) is 9.53 Å². The van der Waals surface area contributed by atoms with Gasteiger partial charge in [-0.25, -0.2) is 4.79 Å². The molecule has 7 heteroatoms. The minimum absolute atomic E-state index is 0.0153. The number of aliphatic hydroxyl groups excluding tert-OH is 1. The average Bonchev–Trinajstić information content (AvgIpc) is 2.23. The van der Waals surface area contributed by atoms with Gasteiger partial charge in [0, 0.05) is 4.92 Å². The summed E-state index contributed by atoms with van der Waals surface area (Å²) in [6.07, 6.45) is -0.623. The number of ether oxygens (including phenoxy) is 1. The summed E-state index contributed by atoms with van der Waals surface area (Å²) in [7, 11) is 0. The molecule has 0 aromatic rings. The number of rotatable bonds is 2. The van der Waals surface area contributed by atoms with Crippen molar-refractivity contribution in [3.63, 3.8) is 0 Å². The normalized spacial score (nSPS) is 41.7. The third kappa shape index (κ3) is 1.57. The summed E-state index contributed by atoms with van der Waals surface area (Å²) in [6.45, 7) is 0. The van der Waals surface area contributed by atoms with Crippen LogP contribution in [0.1, 0.15) is 12.8 Å². The fourth-order valence-electron chi connectivity index (χ4n) is 2.15. The zero-order valence-electron chi connectivity index (χ0n) is 8.28. The molecule has 2 aliphatic rings. The number of aliphatic hydroxyl groups is 1. The maximum Gasteiger partial charge on any atom is 0.333 e. The Morgan fingerprint density at radius 1 is 1.56 bits per heavy atom. The highest BCUT2D eigenvalue weighted by molar-refractivity contribution is 5.72. The molecule has 1 heterocycles. The van der Waals surface area contributed by atoms with Crippen LogP contribution in [0.15, 0.2) is 12.2 Å². The van der Waals surface area contributed by atoms with Crippen LogP contribution in [0.3, 0.4) is 0 Å². The second kappa shape index (κ2) is 3.53. The number of nitrogens with zero attached hydrogens (tertiary/aromatic N) is 1. The highest BCUT2D eigenvalue weighted by atomic mass is 16.6. The molecule has 16 heavy (non-hydrogen) atoms. The summed E-state index contributed by atoms with van der Waals surface area (Å²) in [4.78, 5) is 21.3. The average molecular weight is 229 g/mol. The maximum atomic E-state index is 11.0. The SMILES string of the molecule is O=C(O)C1CC2([N+](=O)[O-])C=CC(O)C(C2)O1. The summed E-state index contributed by atoms with van der Waals surface area (Å²) in [5.41, 5.74) is -1.41. The van der Waals surface area contributed by atoms with Crippen LogP contribution >= 0.6 is 0 Å². The molecule has 0 aromatic heterocycles. The molecule has 1 saturated heterocycles. The zero-order chi connectivity index (χ0) is 11.9. The molecule has 88 valence electrons. The third-order valence-corrected chi connectivity index (χ3v) is 3.06. The van der Waals surface area contributed by atoms with Crippen molar-refractivity contribution in [3.05, 3.63) is 22.3 Å². The third-order valence-electron chi connectivity index (χ3n) is 3.06. The van der Waals surface area contributed by atoms with E-state index in [0.717, 1.165) is 0 Å². The number of hydrogen-bond donors (Lipinski definition) is 2. The van der Waals surface area contributed by atoms with Gasteiger partial charge in [0.25, 0.3) is 0 Å². The number of carboxylic acids is 1. The molecular weight excluding hydrogens is 218 g/mol. The molecule has 0 radical (unpaired) electrons. The molecule has 0 aromatic carbocycles. The molecule has 0 saturated carbocycles. The lowest BCUT2D eigenvalue weighted by molar-refractivity contribution is -0.567. The first-order valence-electron chi connectivity index (χ1n) is 4.85. The minimum atomic E-state index is -1.41. The largest absolute Gasteiger partial charge is 0.479 e. The van der Waals surface area contributed by atoms with Crippen LogP contribution in [0.5, 0.6) is 0 Å². The molecule has 7 nitrogen and oxygen atoms in total. The summed E-state index contributed by atoms with van der Waals surface area (Å²) in [5.74, 6) is -1.24. The Labute approximate surface area is 90.5 Å². The van der Waals surface area contributed by atoms with E-state index >= 15 is 0 Å². The molecule has 2 rings (SSSR count). The predicted octanol–water partition coefficient (Wildman–Crippen LogP) is -0.435. The van der Waals surface area contributed by atoms with E-state index in [1.54, 1.807) is 0 Å². The van der Waals surface area contributed by atoms with Crippen LogP contribution in [0.4, 0.5) is 0 Å². The van der Waals surface area contributed by atoms with Gasteiger partial charge in [0.2, 0.25) is 5.54 Å². The van der Waals surface area contributed by atoms with Crippen LogP contribution in [0.25, 0.3) is 0 Å². The number of carbonyl (C=O) groups is 1. The number of aliphatic carboxylic acids is 1. The lowest BCUT2D eigenvalue weighted by atomic mass is 9.78. The number of nitro groups is 1. The van der Waals surface area contributed by atoms with Gasteiger partial charge >= 0.3 is 5.97 Å². The van der Waals surface area contributed by atoms with E-state index in [0.29, 0.717) is 0 Å². The van der Waals surface area contributed by atoms with Gasteiger partial charge in [-0.05, 0) is 6.08 Å². The van der Waals surface area contributed by atoms with E-state index in [1.165, 1.54) is 12.2 Å². The number of fused-ring (bicyclic) bond motifs is 2. The fourth-order valence-corrected chi connectivity index (χ4v) is 2.15. The van der Waals surface area contributed by atoms with Gasteiger partial charge in [-0.2, -0.15) is 0 Å². The molecular formula is C9H11NO6. The fraction of sp³-hybridized carbons (Fsp3) is 0.667. The Balaban J connectivity index is 2.34. The number of hydrogen-bond acceptors (Lipinski definition) is 5. The smallest absolute Gasteiger partial charge is 0.333 e. The maximum absolute atomic E-state index is 11.0. The second-order valence-electron chi connectivity index (χ2n) is 4.12. The lowest BCUT2D eigenvalue weighted by Crippen LogP contribution is -2.56. The Hall–Kier alpha value is -1.47. The van der Waals surface area contributed by atoms with Gasteiger partial charge in [0.1, 0.15) is 0 Å². The highest BCUT2D eigenvalue weighted by Gasteiger charge is 2.54. The van der Waals surface area contributed by atoms with E-state index in [1.807, 2.05) is 0 Å². The van der Waals surface area contributed by atoms with Gasteiger partial charge in [-0.1, -0.05) is 6.08 Å². The van der Waals surface area contributed by atoms with Crippen molar-refractivity contribution in [2.45, 2.75) is 36.7 Å². The Kier molecular flexibility index (Phi) is 2.43. The van der Waals surface area contributed by atoms with Crippen LogP contribution in [-0.4, -0.2) is 45.0 Å². The van der Waals surface area contributed by atoms with Crippen molar-refractivity contribution in [2.24, 2.45) is 0 Å². The van der Waals surface area contributed by atoms with Crippen molar-refractivity contribution in [2.75, 3.05) is 0 Å². The van der Waals surface area contributed by atoms with E-state index in [4.69, 9.17) is 9.84 Å². The zero-order valence-corrected chi connectivity index (χ0v) is 8.28. The first kappa shape index (κ1) is 11.0. The minimum Gasteiger partial charge on any atom is -0.479 e. The van der Waals surface area contributed by atoms with E-state index in [2.05, 4.69) is 0 Å². The topological polar surface area (TPSA) is 110 Å². The van der Waals surface area contributed by atoms with Crippen LogP contribution < -0.4 is 0 Å². The Bertz CT molecular complexity index is 367. The van der Waals surface area contributed by atoms with E-state index < -0.39 is 34.7 Å². The van der Waals surface area contributed by atoms with Gasteiger partial charge in [-0.3, -0.25) is 10.1 Å². The standard InChI is InChI=1S/C9H11NO6/c11-5-1-2-9(10(14)15)3-6(5)16-7(4-9)8(12)13/h1-2,5-7,11H,3-4H2,(H,12,13). The van der Waals surface area contributed by atoms with Crippen molar-refractivity contribution in [1.29, 1.82) is 0 Å². The van der Waals surface area contributed by atoms with Gasteiger partial charge in [0.05, 0.1) is 25.0 Å². The van der Waals surface area contributed by atoms with Crippen molar-refractivity contribution in [1.82, 2.24) is 0 Å². The quantitative estimate of drug-likeness (QED) is 0.377. The van der Waals surface area contributed by atoms with Gasteiger partial charge in [0.15, 0.2) is 6.10 Å². The van der Waals surface area contributed by atoms with E-state index in [-0.39, 0.29) is 12.8 Å².